The van der Waals surface area contributed by atoms with E-state index in [-0.39, 0.29) is 68.8 Å². The Balaban J connectivity index is 2.44. The van der Waals surface area contributed by atoms with Gasteiger partial charge < -0.3 is 28.7 Å². The molecule has 0 aromatic carbocycles. The number of hydrogen-bond donors (Lipinski definition) is 0. The van der Waals surface area contributed by atoms with Crippen LogP contribution in [0.1, 0.15) is 245 Å². The zero-order valence-electron chi connectivity index (χ0n) is 41.4. The summed E-state index contributed by atoms with van der Waals surface area (Å²) in [6, 6.07) is -0.817. The summed E-state index contributed by atoms with van der Waals surface area (Å²) in [5.74, 6) is -1.36. The van der Waals surface area contributed by atoms with Crippen LogP contribution in [-0.2, 0) is 42.9 Å². The van der Waals surface area contributed by atoms with Crippen LogP contribution in [0.5, 0.6) is 0 Å². The molecule has 0 aromatic heterocycles. The van der Waals surface area contributed by atoms with E-state index in [1.54, 1.807) is 0 Å². The van der Waals surface area contributed by atoms with Gasteiger partial charge in [0.05, 0.1) is 26.2 Å². The zero-order chi connectivity index (χ0) is 46.2. The second kappa shape index (κ2) is 40.8. The number of carbonyl (C=O) groups excluding carboxylic acids is 5. The molecule has 1 rings (SSSR count). The number of amides is 1. The minimum absolute atomic E-state index is 0.0377. The molecule has 1 aliphatic rings. The summed E-state index contributed by atoms with van der Waals surface area (Å²) in [7, 11) is 3.77. The molecule has 368 valence electrons. The zero-order valence-corrected chi connectivity index (χ0v) is 41.4. The molecule has 63 heavy (non-hydrogen) atoms. The molecule has 0 saturated carbocycles. The second-order valence-corrected chi connectivity index (χ2v) is 18.6. The largest absolute Gasteiger partial charge is 0.466 e. The predicted molar refractivity (Wildman–Crippen MR) is 254 cm³/mol. The topological polar surface area (TPSA) is 129 Å². The Bertz CT molecular complexity index is 1150. The smallest absolute Gasteiger partial charge is 0.329 e. The Labute approximate surface area is 385 Å². The molecule has 1 saturated heterocycles. The van der Waals surface area contributed by atoms with E-state index in [9.17, 15) is 24.0 Å². The summed E-state index contributed by atoms with van der Waals surface area (Å²) in [4.78, 5) is 67.8. The summed E-state index contributed by atoms with van der Waals surface area (Å²) in [6.45, 7) is 8.08. The van der Waals surface area contributed by atoms with Crippen molar-refractivity contribution < 1.29 is 42.9 Å². The van der Waals surface area contributed by atoms with Gasteiger partial charge in [-0.05, 0) is 71.9 Å². The molecule has 11 nitrogen and oxygen atoms in total. The first-order valence-corrected chi connectivity index (χ1v) is 26.3. The fourth-order valence-corrected chi connectivity index (χ4v) is 8.28. The van der Waals surface area contributed by atoms with Gasteiger partial charge in [-0.2, -0.15) is 0 Å². The third-order valence-corrected chi connectivity index (χ3v) is 12.3. The van der Waals surface area contributed by atoms with Crippen LogP contribution in [0.25, 0.3) is 0 Å². The third-order valence-electron chi connectivity index (χ3n) is 12.3. The number of nitrogens with zero attached hydrogens (tertiary/aromatic N) is 2. The molecular weight excluding hydrogens is 797 g/mol. The van der Waals surface area contributed by atoms with Crippen molar-refractivity contribution in [3.63, 3.8) is 0 Å². The van der Waals surface area contributed by atoms with Gasteiger partial charge in [-0.15, -0.1) is 0 Å². The number of rotatable bonds is 43. The van der Waals surface area contributed by atoms with Crippen molar-refractivity contribution in [1.29, 1.82) is 0 Å². The normalized spacial score (nSPS) is 15.0. The van der Waals surface area contributed by atoms with E-state index >= 15 is 0 Å². The van der Waals surface area contributed by atoms with Crippen LogP contribution in [0.2, 0.25) is 0 Å². The van der Waals surface area contributed by atoms with Gasteiger partial charge in [0.1, 0.15) is 18.2 Å². The Hall–Kier alpha value is -2.69. The number of likely N-dealkylation sites (tertiary alicyclic amines) is 1. The van der Waals surface area contributed by atoms with Crippen molar-refractivity contribution in [2.75, 3.05) is 40.4 Å². The number of ether oxygens (including phenoxy) is 4. The Morgan fingerprint density at radius 3 is 1.49 bits per heavy atom. The highest BCUT2D eigenvalue weighted by atomic mass is 16.6. The van der Waals surface area contributed by atoms with Crippen LogP contribution in [0.15, 0.2) is 0 Å². The van der Waals surface area contributed by atoms with Gasteiger partial charge in [0.15, 0.2) is 0 Å². The maximum absolute atomic E-state index is 13.4. The van der Waals surface area contributed by atoms with Crippen LogP contribution in [0, 0.1) is 0 Å². The molecule has 2 unspecified atom stereocenters. The minimum atomic E-state index is -0.817. The molecule has 1 amide bonds. The van der Waals surface area contributed by atoms with E-state index in [1.165, 1.54) is 114 Å². The molecule has 0 N–H and O–H groups in total. The molecule has 0 spiro atoms. The van der Waals surface area contributed by atoms with Gasteiger partial charge in [0.2, 0.25) is 5.91 Å². The quantitative estimate of drug-likeness (QED) is 0.0331. The van der Waals surface area contributed by atoms with Gasteiger partial charge in [0, 0.05) is 32.2 Å². The van der Waals surface area contributed by atoms with Gasteiger partial charge in [-0.3, -0.25) is 19.2 Å². The number of esters is 4. The van der Waals surface area contributed by atoms with Crippen LogP contribution in [-0.4, -0.2) is 98.2 Å². The summed E-state index contributed by atoms with van der Waals surface area (Å²) in [5.41, 5.74) is 0. The van der Waals surface area contributed by atoms with Crippen molar-refractivity contribution in [3.8, 4) is 0 Å². The van der Waals surface area contributed by atoms with E-state index < -0.39 is 18.1 Å². The minimum Gasteiger partial charge on any atom is -0.466 e. The van der Waals surface area contributed by atoms with Gasteiger partial charge in [-0.25, -0.2) is 4.79 Å². The summed E-state index contributed by atoms with van der Waals surface area (Å²) in [6.07, 6.45) is 33.6. The molecule has 0 bridgehead atoms. The van der Waals surface area contributed by atoms with Gasteiger partial charge >= 0.3 is 23.9 Å². The highest BCUT2D eigenvalue weighted by Gasteiger charge is 2.42. The van der Waals surface area contributed by atoms with Gasteiger partial charge in [0.25, 0.3) is 0 Å². The number of carbonyl (C=O) groups is 5. The molecule has 1 fully saturated rings. The lowest BCUT2D eigenvalue weighted by Gasteiger charge is -2.23. The van der Waals surface area contributed by atoms with Crippen LogP contribution in [0.3, 0.4) is 0 Å². The van der Waals surface area contributed by atoms with Crippen LogP contribution >= 0.6 is 0 Å². The molecule has 0 radical (unpaired) electrons. The number of hydrogen-bond acceptors (Lipinski definition) is 10. The van der Waals surface area contributed by atoms with Crippen molar-refractivity contribution in [2.45, 2.75) is 264 Å². The molecule has 1 aliphatic heterocycles. The third kappa shape index (κ3) is 33.5. The Kier molecular flexibility index (Phi) is 37.8. The first kappa shape index (κ1) is 58.3. The van der Waals surface area contributed by atoms with Crippen molar-refractivity contribution >= 4 is 29.8 Å². The summed E-state index contributed by atoms with van der Waals surface area (Å²) < 4.78 is 22.8. The first-order chi connectivity index (χ1) is 30.6. The SMILES string of the molecule is CCCCCCCCCCCOC(=O)CCCCC(=O)N1CC(OC(=O)CCN(C)C)CC1C(=O)OCCCCCCCC(=O)OC(CCCCCCCC)CCCCCCCC. The highest BCUT2D eigenvalue weighted by molar-refractivity contribution is 5.85. The maximum atomic E-state index is 13.4. The van der Waals surface area contributed by atoms with Crippen molar-refractivity contribution in [1.82, 2.24) is 9.80 Å². The fraction of sp³-hybridized carbons (Fsp3) is 0.904. The molecule has 2 atom stereocenters. The molecular formula is C52H96N2O9. The van der Waals surface area contributed by atoms with Crippen molar-refractivity contribution in [2.24, 2.45) is 0 Å². The molecule has 0 aliphatic carbocycles. The molecule has 11 heteroatoms. The van der Waals surface area contributed by atoms with E-state index in [1.807, 2.05) is 19.0 Å². The standard InChI is InChI=1S/C52H96N2O9/c1-6-9-12-15-18-19-20-25-32-41-60-49(56)37-31-30-36-48(55)54-44-46(63-51(58)39-40-53(4)5)43-47(54)52(59)61-42-33-26-21-24-29-38-50(57)62-45(34-27-22-16-13-10-7-2)35-28-23-17-14-11-8-3/h45-47H,6-44H2,1-5H3. The van der Waals surface area contributed by atoms with Crippen LogP contribution in [0.4, 0.5) is 0 Å². The summed E-state index contributed by atoms with van der Waals surface area (Å²) in [5, 5.41) is 0. The average Bonchev–Trinajstić information content (AvgIpc) is 3.69. The van der Waals surface area contributed by atoms with E-state index in [4.69, 9.17) is 18.9 Å². The van der Waals surface area contributed by atoms with E-state index in [2.05, 4.69) is 20.8 Å². The predicted octanol–water partition coefficient (Wildman–Crippen LogP) is 12.4. The lowest BCUT2D eigenvalue weighted by molar-refractivity contribution is -0.153. The van der Waals surface area contributed by atoms with Crippen molar-refractivity contribution in [3.05, 3.63) is 0 Å². The number of unbranched alkanes of at least 4 members (excludes halogenated alkanes) is 23. The van der Waals surface area contributed by atoms with Crippen LogP contribution < -0.4 is 0 Å². The van der Waals surface area contributed by atoms with E-state index in [0.717, 1.165) is 64.2 Å². The Morgan fingerprint density at radius 2 is 0.952 bits per heavy atom. The molecule has 0 aromatic rings. The average molecular weight is 893 g/mol. The fourth-order valence-electron chi connectivity index (χ4n) is 8.28. The Morgan fingerprint density at radius 1 is 0.508 bits per heavy atom. The lowest BCUT2D eigenvalue weighted by atomic mass is 10.0. The summed E-state index contributed by atoms with van der Waals surface area (Å²) >= 11 is 0. The van der Waals surface area contributed by atoms with Gasteiger partial charge in [-0.1, -0.05) is 156 Å². The maximum Gasteiger partial charge on any atom is 0.329 e. The highest BCUT2D eigenvalue weighted by Crippen LogP contribution is 2.25. The molecule has 1 heterocycles. The van der Waals surface area contributed by atoms with E-state index in [0.29, 0.717) is 38.8 Å². The monoisotopic (exact) mass is 893 g/mol. The first-order valence-electron chi connectivity index (χ1n) is 26.3. The lowest BCUT2D eigenvalue weighted by Crippen LogP contribution is -2.41. The second-order valence-electron chi connectivity index (χ2n) is 18.6.